The van der Waals surface area contributed by atoms with E-state index in [-0.39, 0.29) is 12.2 Å². The lowest BCUT2D eigenvalue weighted by atomic mass is 9.86. The zero-order valence-corrected chi connectivity index (χ0v) is 12.8. The van der Waals surface area contributed by atoms with Gasteiger partial charge in [-0.2, -0.15) is 0 Å². The van der Waals surface area contributed by atoms with Gasteiger partial charge in [-0.3, -0.25) is 4.79 Å². The van der Waals surface area contributed by atoms with Crippen LogP contribution in [0, 0.1) is 0 Å². The Morgan fingerprint density at radius 3 is 2.29 bits per heavy atom. The molecule has 21 heavy (non-hydrogen) atoms. The topological polar surface area (TPSA) is 55.8 Å². The molecular weight excluding hydrogens is 292 g/mol. The Morgan fingerprint density at radius 2 is 1.71 bits per heavy atom. The number of hydrogen-bond acceptors (Lipinski definition) is 3. The van der Waals surface area contributed by atoms with Crippen LogP contribution in [-0.4, -0.2) is 23.3 Å². The molecule has 1 aromatic carbocycles. The minimum atomic E-state index is -0.795. The summed E-state index contributed by atoms with van der Waals surface area (Å²) in [5, 5.41) is 10.3. The largest absolute Gasteiger partial charge is 0.490 e. The van der Waals surface area contributed by atoms with Gasteiger partial charge in [-0.05, 0) is 26.7 Å². The van der Waals surface area contributed by atoms with E-state index in [4.69, 9.17) is 21.1 Å². The number of fused-ring (bicyclic) bond motifs is 2. The zero-order valence-electron chi connectivity index (χ0n) is 12.0. The summed E-state index contributed by atoms with van der Waals surface area (Å²) in [7, 11) is 0. The average Bonchev–Trinajstić information content (AvgIpc) is 2.98. The fraction of sp³-hybridized carbons (Fsp3) is 0.562. The lowest BCUT2D eigenvalue weighted by Crippen LogP contribution is -2.22. The van der Waals surface area contributed by atoms with Crippen molar-refractivity contribution in [3.05, 3.63) is 21.7 Å². The number of rotatable bonds is 2. The summed E-state index contributed by atoms with van der Waals surface area (Å²) < 4.78 is 11.8. The highest BCUT2D eigenvalue weighted by Gasteiger charge is 2.57. The molecule has 2 atom stereocenters. The minimum absolute atomic E-state index is 0.0285. The Balaban J connectivity index is 2.01. The molecule has 1 aliphatic carbocycles. The zero-order chi connectivity index (χ0) is 14.9. The maximum absolute atomic E-state index is 11.8. The fourth-order valence-corrected chi connectivity index (χ4v) is 3.98. The molecule has 1 saturated carbocycles. The lowest BCUT2D eigenvalue weighted by molar-refractivity contribution is -0.140. The Morgan fingerprint density at radius 1 is 1.14 bits per heavy atom. The molecular formula is C16H17ClO4. The summed E-state index contributed by atoms with van der Waals surface area (Å²) >= 11 is 6.50. The first kappa shape index (κ1) is 13.3. The molecule has 112 valence electrons. The Kier molecular flexibility index (Phi) is 2.57. The van der Waals surface area contributed by atoms with Crippen molar-refractivity contribution in [1.82, 2.24) is 0 Å². The molecule has 4 rings (SSSR count). The molecule has 5 heteroatoms. The summed E-state index contributed by atoms with van der Waals surface area (Å²) in [6.45, 7) is 3.96. The third-order valence-electron chi connectivity index (χ3n) is 4.80. The van der Waals surface area contributed by atoms with Gasteiger partial charge in [0.25, 0.3) is 0 Å². The molecule has 1 N–H and O–H groups in total. The standard InChI is InChI=1S/C16H17ClO4/c1-7-5-9-11(16(3-4-16)15(18)19)13-10(6-8(2)20-13)12(17)14(9)21-7/h7-8H,3-6H2,1-2H3,(H,18,19). The first-order chi connectivity index (χ1) is 9.94. The second-order valence-electron chi connectivity index (χ2n) is 6.46. The quantitative estimate of drug-likeness (QED) is 0.912. The van der Waals surface area contributed by atoms with Crippen LogP contribution in [0.1, 0.15) is 43.4 Å². The SMILES string of the molecule is CC1Cc2c(c(Cl)c3c(c2C2(C(=O)O)CC2)OC(C)C3)O1. The van der Waals surface area contributed by atoms with Crippen molar-refractivity contribution in [2.75, 3.05) is 0 Å². The second kappa shape index (κ2) is 4.07. The number of benzene rings is 1. The van der Waals surface area contributed by atoms with Crippen LogP contribution < -0.4 is 9.47 Å². The van der Waals surface area contributed by atoms with Gasteiger partial charge in [-0.1, -0.05) is 11.6 Å². The highest BCUT2D eigenvalue weighted by Crippen LogP contribution is 2.59. The third kappa shape index (κ3) is 1.65. The predicted octanol–water partition coefficient (Wildman–Crippen LogP) is 3.10. The Hall–Kier alpha value is -1.42. The van der Waals surface area contributed by atoms with Crippen LogP contribution in [0.3, 0.4) is 0 Å². The van der Waals surface area contributed by atoms with Crippen LogP contribution in [0.5, 0.6) is 11.5 Å². The van der Waals surface area contributed by atoms with Gasteiger partial charge >= 0.3 is 5.97 Å². The van der Waals surface area contributed by atoms with Gasteiger partial charge in [0.05, 0.1) is 10.4 Å². The predicted molar refractivity (Wildman–Crippen MR) is 77.6 cm³/mol. The van der Waals surface area contributed by atoms with E-state index in [1.165, 1.54) is 0 Å². The van der Waals surface area contributed by atoms with E-state index in [1.54, 1.807) is 0 Å². The molecule has 0 amide bonds. The summed E-state index contributed by atoms with van der Waals surface area (Å²) in [6.07, 6.45) is 2.79. The smallest absolute Gasteiger partial charge is 0.314 e. The molecule has 2 heterocycles. The highest BCUT2D eigenvalue weighted by atomic mass is 35.5. The maximum Gasteiger partial charge on any atom is 0.314 e. The van der Waals surface area contributed by atoms with Crippen LogP contribution >= 0.6 is 11.6 Å². The van der Waals surface area contributed by atoms with Crippen molar-refractivity contribution >= 4 is 17.6 Å². The third-order valence-corrected chi connectivity index (χ3v) is 5.20. The van der Waals surface area contributed by atoms with Gasteiger partial charge in [0.15, 0.2) is 0 Å². The summed E-state index contributed by atoms with van der Waals surface area (Å²) in [6, 6.07) is 0. The average molecular weight is 309 g/mol. The highest BCUT2D eigenvalue weighted by molar-refractivity contribution is 6.33. The van der Waals surface area contributed by atoms with Gasteiger partial charge in [-0.15, -0.1) is 0 Å². The van der Waals surface area contributed by atoms with E-state index in [0.29, 0.717) is 42.2 Å². The minimum Gasteiger partial charge on any atom is -0.490 e. The maximum atomic E-state index is 11.8. The molecule has 2 aliphatic heterocycles. The first-order valence-corrected chi connectivity index (χ1v) is 7.76. The van der Waals surface area contributed by atoms with Crippen LogP contribution in [0.25, 0.3) is 0 Å². The molecule has 2 unspecified atom stereocenters. The van der Waals surface area contributed by atoms with Crippen molar-refractivity contribution in [2.45, 2.75) is 57.2 Å². The van der Waals surface area contributed by atoms with Gasteiger partial charge in [0, 0.05) is 29.5 Å². The summed E-state index contributed by atoms with van der Waals surface area (Å²) in [5.74, 6) is 0.629. The Labute approximate surface area is 128 Å². The molecule has 0 radical (unpaired) electrons. The molecule has 3 aliphatic rings. The van der Waals surface area contributed by atoms with Crippen molar-refractivity contribution in [3.63, 3.8) is 0 Å². The number of carbonyl (C=O) groups is 1. The van der Waals surface area contributed by atoms with E-state index in [0.717, 1.165) is 16.7 Å². The Bertz CT molecular complexity index is 624. The fourth-order valence-electron chi connectivity index (χ4n) is 3.66. The summed E-state index contributed by atoms with van der Waals surface area (Å²) in [4.78, 5) is 11.8. The van der Waals surface area contributed by atoms with Crippen LogP contribution in [0.2, 0.25) is 5.02 Å². The number of aliphatic carboxylic acids is 1. The molecule has 4 nitrogen and oxygen atoms in total. The molecule has 0 saturated heterocycles. The normalized spacial score (nSPS) is 27.6. The summed E-state index contributed by atoms with van der Waals surface area (Å²) in [5.41, 5.74) is 1.90. The van der Waals surface area contributed by atoms with Crippen molar-refractivity contribution in [2.24, 2.45) is 0 Å². The number of halogens is 1. The first-order valence-electron chi connectivity index (χ1n) is 7.38. The molecule has 0 aromatic heterocycles. The van der Waals surface area contributed by atoms with Gasteiger partial charge in [0.2, 0.25) is 0 Å². The number of hydrogen-bond donors (Lipinski definition) is 1. The van der Waals surface area contributed by atoms with Gasteiger partial charge < -0.3 is 14.6 Å². The van der Waals surface area contributed by atoms with Crippen molar-refractivity contribution in [1.29, 1.82) is 0 Å². The number of ether oxygens (including phenoxy) is 2. The van der Waals surface area contributed by atoms with Gasteiger partial charge in [0.1, 0.15) is 23.7 Å². The molecule has 1 aromatic rings. The monoisotopic (exact) mass is 308 g/mol. The van der Waals surface area contributed by atoms with Gasteiger partial charge in [-0.25, -0.2) is 0 Å². The lowest BCUT2D eigenvalue weighted by Gasteiger charge is -2.19. The van der Waals surface area contributed by atoms with Crippen LogP contribution in [-0.2, 0) is 23.1 Å². The van der Waals surface area contributed by atoms with E-state index >= 15 is 0 Å². The molecule has 1 fully saturated rings. The number of carboxylic acid groups (broad SMARTS) is 1. The van der Waals surface area contributed by atoms with E-state index in [2.05, 4.69) is 0 Å². The van der Waals surface area contributed by atoms with E-state index < -0.39 is 11.4 Å². The van der Waals surface area contributed by atoms with E-state index in [9.17, 15) is 9.90 Å². The van der Waals surface area contributed by atoms with Crippen LogP contribution in [0.15, 0.2) is 0 Å². The molecule has 0 bridgehead atoms. The van der Waals surface area contributed by atoms with E-state index in [1.807, 2.05) is 13.8 Å². The van der Waals surface area contributed by atoms with Crippen molar-refractivity contribution in [3.8, 4) is 11.5 Å². The number of carboxylic acids is 1. The molecule has 0 spiro atoms. The second-order valence-corrected chi connectivity index (χ2v) is 6.83. The van der Waals surface area contributed by atoms with Crippen molar-refractivity contribution < 1.29 is 19.4 Å². The van der Waals surface area contributed by atoms with Crippen LogP contribution in [0.4, 0.5) is 0 Å².